The average molecular weight is 306 g/mol. The summed E-state index contributed by atoms with van der Waals surface area (Å²) in [6.07, 6.45) is 4.71. The van der Waals surface area contributed by atoms with Gasteiger partial charge in [-0.2, -0.15) is 0 Å². The molecule has 1 heterocycles. The lowest BCUT2D eigenvalue weighted by molar-refractivity contribution is -0.138. The van der Waals surface area contributed by atoms with Crippen molar-refractivity contribution in [3.8, 4) is 5.88 Å². The number of carboxylic acids is 1. The molecule has 0 saturated heterocycles. The van der Waals surface area contributed by atoms with Crippen LogP contribution in [0.3, 0.4) is 0 Å². The highest BCUT2D eigenvalue weighted by molar-refractivity contribution is 5.94. The molecular formula is C16H22N2O4. The number of pyridine rings is 1. The van der Waals surface area contributed by atoms with Gasteiger partial charge in [-0.1, -0.05) is 12.8 Å². The van der Waals surface area contributed by atoms with E-state index in [-0.39, 0.29) is 18.4 Å². The number of carbonyl (C=O) groups is 2. The lowest BCUT2D eigenvalue weighted by atomic mass is 9.93. The van der Waals surface area contributed by atoms with E-state index < -0.39 is 11.5 Å². The lowest BCUT2D eigenvalue weighted by Crippen LogP contribution is -2.47. The molecule has 1 aromatic rings. The van der Waals surface area contributed by atoms with Gasteiger partial charge in [0, 0.05) is 12.3 Å². The van der Waals surface area contributed by atoms with Crippen LogP contribution < -0.4 is 10.1 Å². The fourth-order valence-electron chi connectivity index (χ4n) is 2.83. The second-order valence-corrected chi connectivity index (χ2v) is 6.06. The van der Waals surface area contributed by atoms with Crippen LogP contribution >= 0.6 is 0 Å². The molecule has 1 aliphatic carbocycles. The third-order valence-electron chi connectivity index (χ3n) is 3.78. The van der Waals surface area contributed by atoms with Gasteiger partial charge in [-0.15, -0.1) is 0 Å². The van der Waals surface area contributed by atoms with Crippen molar-refractivity contribution in [3.63, 3.8) is 0 Å². The monoisotopic (exact) mass is 306 g/mol. The predicted octanol–water partition coefficient (Wildman–Crippen LogP) is 2.39. The van der Waals surface area contributed by atoms with Crippen molar-refractivity contribution >= 4 is 11.9 Å². The normalized spacial score (nSPS) is 16.5. The number of aliphatic carboxylic acids is 1. The van der Waals surface area contributed by atoms with Crippen molar-refractivity contribution in [1.82, 2.24) is 10.3 Å². The number of nitrogens with one attached hydrogen (secondary N) is 1. The Morgan fingerprint density at radius 1 is 1.36 bits per heavy atom. The van der Waals surface area contributed by atoms with Crippen LogP contribution in [-0.4, -0.2) is 33.6 Å². The highest BCUT2D eigenvalue weighted by Crippen LogP contribution is 2.33. The van der Waals surface area contributed by atoms with Gasteiger partial charge in [-0.25, -0.2) is 4.98 Å². The molecule has 0 atom stereocenters. The summed E-state index contributed by atoms with van der Waals surface area (Å²) in [4.78, 5) is 27.5. The molecule has 1 amide bonds. The Balaban J connectivity index is 2.05. The molecular weight excluding hydrogens is 284 g/mol. The molecule has 1 fully saturated rings. The van der Waals surface area contributed by atoms with E-state index in [0.29, 0.717) is 24.3 Å². The molecule has 120 valence electrons. The second-order valence-electron chi connectivity index (χ2n) is 6.06. The number of hydrogen-bond donors (Lipinski definition) is 2. The van der Waals surface area contributed by atoms with Crippen LogP contribution in [0.15, 0.2) is 18.3 Å². The molecule has 0 aliphatic heterocycles. The van der Waals surface area contributed by atoms with E-state index in [1.807, 2.05) is 13.8 Å². The maximum absolute atomic E-state index is 12.3. The van der Waals surface area contributed by atoms with Gasteiger partial charge < -0.3 is 15.2 Å². The lowest BCUT2D eigenvalue weighted by Gasteiger charge is -2.28. The summed E-state index contributed by atoms with van der Waals surface area (Å²) in [5.74, 6) is -0.708. The SMILES string of the molecule is CC(C)Oc1ccc(C(=O)NC2(CC(=O)O)CCCC2)cn1. The van der Waals surface area contributed by atoms with E-state index in [0.717, 1.165) is 12.8 Å². The number of hydrogen-bond acceptors (Lipinski definition) is 4. The molecule has 1 aliphatic rings. The standard InChI is InChI=1S/C16H22N2O4/c1-11(2)22-13-6-5-12(10-17-13)15(21)18-16(9-14(19)20)7-3-4-8-16/h5-6,10-11H,3-4,7-9H2,1-2H3,(H,18,21)(H,19,20). The second kappa shape index (κ2) is 6.77. The molecule has 6 nitrogen and oxygen atoms in total. The summed E-state index contributed by atoms with van der Waals surface area (Å²) in [5, 5.41) is 12.0. The molecule has 1 aromatic heterocycles. The van der Waals surface area contributed by atoms with Gasteiger partial charge in [-0.3, -0.25) is 9.59 Å². The highest BCUT2D eigenvalue weighted by atomic mass is 16.5. The Morgan fingerprint density at radius 2 is 2.05 bits per heavy atom. The van der Waals surface area contributed by atoms with Crippen molar-refractivity contribution < 1.29 is 19.4 Å². The zero-order valence-electron chi connectivity index (χ0n) is 13.0. The van der Waals surface area contributed by atoms with Crippen molar-refractivity contribution in [1.29, 1.82) is 0 Å². The number of amides is 1. The number of carbonyl (C=O) groups excluding carboxylic acids is 1. The van der Waals surface area contributed by atoms with E-state index in [4.69, 9.17) is 9.84 Å². The van der Waals surface area contributed by atoms with Gasteiger partial charge in [0.2, 0.25) is 5.88 Å². The molecule has 1 saturated carbocycles. The third kappa shape index (κ3) is 4.19. The van der Waals surface area contributed by atoms with Crippen LogP contribution in [0.25, 0.3) is 0 Å². The maximum Gasteiger partial charge on any atom is 0.305 e. The van der Waals surface area contributed by atoms with Crippen LogP contribution in [0.5, 0.6) is 5.88 Å². The van der Waals surface area contributed by atoms with Gasteiger partial charge in [-0.05, 0) is 32.8 Å². The zero-order chi connectivity index (χ0) is 16.2. The smallest absolute Gasteiger partial charge is 0.305 e. The van der Waals surface area contributed by atoms with Crippen LogP contribution in [-0.2, 0) is 4.79 Å². The van der Waals surface area contributed by atoms with Gasteiger partial charge in [0.05, 0.1) is 23.6 Å². The van der Waals surface area contributed by atoms with Crippen LogP contribution in [0.2, 0.25) is 0 Å². The van der Waals surface area contributed by atoms with E-state index >= 15 is 0 Å². The van der Waals surface area contributed by atoms with Crippen molar-refractivity contribution in [2.45, 2.75) is 57.6 Å². The summed E-state index contributed by atoms with van der Waals surface area (Å²) < 4.78 is 5.43. The fourth-order valence-corrected chi connectivity index (χ4v) is 2.83. The molecule has 0 bridgehead atoms. The Hall–Kier alpha value is -2.11. The number of ether oxygens (including phenoxy) is 1. The molecule has 0 aromatic carbocycles. The minimum absolute atomic E-state index is 0.0181. The van der Waals surface area contributed by atoms with E-state index in [2.05, 4.69) is 10.3 Å². The largest absolute Gasteiger partial charge is 0.481 e. The maximum atomic E-state index is 12.3. The predicted molar refractivity (Wildman–Crippen MR) is 80.9 cm³/mol. The topological polar surface area (TPSA) is 88.5 Å². The molecule has 2 N–H and O–H groups in total. The van der Waals surface area contributed by atoms with Gasteiger partial charge in [0.25, 0.3) is 5.91 Å². The van der Waals surface area contributed by atoms with Crippen molar-refractivity contribution in [2.24, 2.45) is 0 Å². The summed E-state index contributed by atoms with van der Waals surface area (Å²) in [6, 6.07) is 3.29. The summed E-state index contributed by atoms with van der Waals surface area (Å²) in [6.45, 7) is 3.80. The highest BCUT2D eigenvalue weighted by Gasteiger charge is 2.37. The Bertz CT molecular complexity index is 534. The summed E-state index contributed by atoms with van der Waals surface area (Å²) >= 11 is 0. The third-order valence-corrected chi connectivity index (χ3v) is 3.78. The van der Waals surface area contributed by atoms with E-state index in [9.17, 15) is 9.59 Å². The first-order valence-corrected chi connectivity index (χ1v) is 7.57. The summed E-state index contributed by atoms with van der Waals surface area (Å²) in [7, 11) is 0. The fraction of sp³-hybridized carbons (Fsp3) is 0.562. The van der Waals surface area contributed by atoms with Crippen LogP contribution in [0, 0.1) is 0 Å². The molecule has 6 heteroatoms. The van der Waals surface area contributed by atoms with Crippen molar-refractivity contribution in [3.05, 3.63) is 23.9 Å². The van der Waals surface area contributed by atoms with E-state index in [1.54, 1.807) is 12.1 Å². The first-order valence-electron chi connectivity index (χ1n) is 7.57. The van der Waals surface area contributed by atoms with Crippen LogP contribution in [0.1, 0.15) is 56.3 Å². The minimum Gasteiger partial charge on any atom is -0.481 e. The zero-order valence-corrected chi connectivity index (χ0v) is 13.0. The number of carboxylic acid groups (broad SMARTS) is 1. The van der Waals surface area contributed by atoms with Gasteiger partial charge >= 0.3 is 5.97 Å². The van der Waals surface area contributed by atoms with Gasteiger partial charge in [0.1, 0.15) is 0 Å². The van der Waals surface area contributed by atoms with Gasteiger partial charge in [0.15, 0.2) is 0 Å². The van der Waals surface area contributed by atoms with Crippen molar-refractivity contribution in [2.75, 3.05) is 0 Å². The molecule has 0 radical (unpaired) electrons. The average Bonchev–Trinajstić information content (AvgIpc) is 2.86. The number of nitrogens with zero attached hydrogens (tertiary/aromatic N) is 1. The first kappa shape index (κ1) is 16.3. The van der Waals surface area contributed by atoms with E-state index in [1.165, 1.54) is 6.20 Å². The number of aromatic nitrogens is 1. The molecule has 2 rings (SSSR count). The minimum atomic E-state index is -0.888. The Morgan fingerprint density at radius 3 is 2.55 bits per heavy atom. The quantitative estimate of drug-likeness (QED) is 0.842. The Kier molecular flexibility index (Phi) is 5.00. The number of rotatable bonds is 6. The van der Waals surface area contributed by atoms with Crippen LogP contribution in [0.4, 0.5) is 0 Å². The summed E-state index contributed by atoms with van der Waals surface area (Å²) in [5.41, 5.74) is -0.219. The molecule has 0 spiro atoms. The first-order chi connectivity index (χ1) is 10.4. The molecule has 22 heavy (non-hydrogen) atoms. The Labute approximate surface area is 129 Å². The molecule has 0 unspecified atom stereocenters.